The monoisotopic (exact) mass is 502 g/mol. The van der Waals surface area contributed by atoms with Crippen LogP contribution in [-0.2, 0) is 24.8 Å². The molecule has 192 valence electrons. The second-order valence-electron chi connectivity index (χ2n) is 12.3. The van der Waals surface area contributed by atoms with Crippen molar-refractivity contribution < 1.29 is 24.1 Å². The lowest BCUT2D eigenvalue weighted by atomic mass is 9.49. The van der Waals surface area contributed by atoms with Crippen molar-refractivity contribution in [2.75, 3.05) is 20.2 Å². The average molecular weight is 503 g/mol. The summed E-state index contributed by atoms with van der Waals surface area (Å²) in [6, 6.07) is 7.25. The normalized spacial score (nSPS) is 34.8. The van der Waals surface area contributed by atoms with Gasteiger partial charge in [0.1, 0.15) is 5.82 Å². The molecule has 2 bridgehead atoms. The van der Waals surface area contributed by atoms with E-state index in [1.165, 1.54) is 24.5 Å². The van der Waals surface area contributed by atoms with Crippen molar-refractivity contribution in [1.29, 1.82) is 0 Å². The lowest BCUT2D eigenvalue weighted by Crippen LogP contribution is -2.74. The number of hydrogen-bond acceptors (Lipinski definition) is 5. The molecule has 0 unspecified atom stereocenters. The van der Waals surface area contributed by atoms with Crippen LogP contribution in [0.1, 0.15) is 65.8 Å². The Kier molecular flexibility index (Phi) is 3.85. The van der Waals surface area contributed by atoms with Gasteiger partial charge >= 0.3 is 0 Å². The molecule has 3 aromatic rings. The maximum atomic E-state index is 14.9. The fourth-order valence-corrected chi connectivity index (χ4v) is 9.02. The fourth-order valence-electron chi connectivity index (χ4n) is 9.02. The van der Waals surface area contributed by atoms with Gasteiger partial charge in [0.15, 0.2) is 17.6 Å². The number of aliphatic hydroxyl groups excluding tert-OH is 1. The zero-order chi connectivity index (χ0) is 24.8. The zero-order valence-electron chi connectivity index (χ0n) is 21.0. The predicted molar refractivity (Wildman–Crippen MR) is 135 cm³/mol. The Morgan fingerprint density at radius 1 is 1.19 bits per heavy atom. The molecule has 1 spiro atoms. The van der Waals surface area contributed by atoms with Crippen LogP contribution in [0.25, 0.3) is 10.9 Å². The molecule has 2 fully saturated rings. The molecular weight excluding hydrogens is 471 g/mol. The van der Waals surface area contributed by atoms with Gasteiger partial charge in [0.05, 0.1) is 35.4 Å². The molecule has 6 aliphatic rings. The van der Waals surface area contributed by atoms with Crippen molar-refractivity contribution in [1.82, 2.24) is 9.47 Å². The third-order valence-electron chi connectivity index (χ3n) is 10.7. The summed E-state index contributed by atoms with van der Waals surface area (Å²) in [5.41, 5.74) is 4.36. The van der Waals surface area contributed by atoms with Crippen LogP contribution in [-0.4, -0.2) is 51.5 Å². The van der Waals surface area contributed by atoms with E-state index in [0.717, 1.165) is 65.3 Å². The highest BCUT2D eigenvalue weighted by Gasteiger charge is 2.73. The number of aryl methyl sites for hydroxylation is 1. The minimum atomic E-state index is -1.04. The van der Waals surface area contributed by atoms with Crippen molar-refractivity contribution >= 4 is 10.9 Å². The molecule has 1 aromatic heterocycles. The summed E-state index contributed by atoms with van der Waals surface area (Å²) in [5.74, 6) is 1.87. The first-order valence-electron chi connectivity index (χ1n) is 13.8. The van der Waals surface area contributed by atoms with Gasteiger partial charge in [0.2, 0.25) is 0 Å². The Balaban J connectivity index is 1.36. The molecule has 6 nitrogen and oxygen atoms in total. The van der Waals surface area contributed by atoms with Crippen LogP contribution in [0.3, 0.4) is 0 Å². The zero-order valence-corrected chi connectivity index (χ0v) is 21.0. The summed E-state index contributed by atoms with van der Waals surface area (Å²) >= 11 is 0. The van der Waals surface area contributed by atoms with Gasteiger partial charge in [-0.25, -0.2) is 4.39 Å². The third-order valence-corrected chi connectivity index (χ3v) is 10.7. The summed E-state index contributed by atoms with van der Waals surface area (Å²) in [7, 11) is 1.68. The van der Waals surface area contributed by atoms with Gasteiger partial charge in [0, 0.05) is 42.1 Å². The molecule has 5 atom stereocenters. The molecule has 7 heteroatoms. The number of piperidine rings is 1. The molecule has 0 radical (unpaired) electrons. The van der Waals surface area contributed by atoms with E-state index in [9.17, 15) is 14.6 Å². The summed E-state index contributed by atoms with van der Waals surface area (Å²) in [6.07, 6.45) is 4.08. The number of aromatic nitrogens is 1. The first-order chi connectivity index (χ1) is 17.9. The number of nitrogens with zero attached hydrogens (tertiary/aromatic N) is 2. The Morgan fingerprint density at radius 2 is 2.05 bits per heavy atom. The molecule has 3 aliphatic carbocycles. The van der Waals surface area contributed by atoms with Crippen molar-refractivity contribution in [2.24, 2.45) is 5.92 Å². The van der Waals surface area contributed by atoms with Crippen LogP contribution in [0.5, 0.6) is 11.5 Å². The van der Waals surface area contributed by atoms with E-state index in [-0.39, 0.29) is 18.0 Å². The number of benzene rings is 2. The van der Waals surface area contributed by atoms with E-state index in [0.29, 0.717) is 30.7 Å². The van der Waals surface area contributed by atoms with Gasteiger partial charge in [-0.1, -0.05) is 6.07 Å². The number of likely N-dealkylation sites (tertiary alicyclic amines) is 1. The number of ether oxygens (including phenoxy) is 2. The number of aliphatic hydroxyl groups is 2. The summed E-state index contributed by atoms with van der Waals surface area (Å²) in [5, 5.41) is 24.7. The predicted octanol–water partition coefficient (Wildman–Crippen LogP) is 3.93. The second kappa shape index (κ2) is 6.68. The Bertz CT molecular complexity index is 1530. The van der Waals surface area contributed by atoms with Gasteiger partial charge in [-0.15, -0.1) is 0 Å². The van der Waals surface area contributed by atoms with Gasteiger partial charge in [0.25, 0.3) is 0 Å². The molecule has 4 heterocycles. The van der Waals surface area contributed by atoms with Crippen LogP contribution < -0.4 is 9.47 Å². The molecule has 37 heavy (non-hydrogen) atoms. The highest BCUT2D eigenvalue weighted by molar-refractivity contribution is 5.90. The summed E-state index contributed by atoms with van der Waals surface area (Å²) in [4.78, 5) is 2.54. The van der Waals surface area contributed by atoms with Gasteiger partial charge in [-0.2, -0.15) is 0 Å². The van der Waals surface area contributed by atoms with Crippen LogP contribution in [0, 0.1) is 11.7 Å². The molecule has 2 N–H and O–H groups in total. The Hall–Kier alpha value is -2.61. The average Bonchev–Trinajstić information content (AvgIpc) is 3.55. The lowest BCUT2D eigenvalue weighted by Gasteiger charge is -2.63. The topological polar surface area (TPSA) is 67.1 Å². The number of hydrogen-bond donors (Lipinski definition) is 2. The highest BCUT2D eigenvalue weighted by atomic mass is 19.1. The third kappa shape index (κ3) is 2.35. The fraction of sp³-hybridized carbons (Fsp3) is 0.533. The van der Waals surface area contributed by atoms with Crippen molar-refractivity contribution in [3.8, 4) is 11.5 Å². The lowest BCUT2D eigenvalue weighted by molar-refractivity contribution is -0.173. The van der Waals surface area contributed by atoms with Gasteiger partial charge in [-0.3, -0.25) is 4.90 Å². The van der Waals surface area contributed by atoms with Crippen molar-refractivity contribution in [3.63, 3.8) is 0 Å². The minimum Gasteiger partial charge on any atom is -0.493 e. The van der Waals surface area contributed by atoms with E-state index in [1.54, 1.807) is 13.2 Å². The largest absolute Gasteiger partial charge is 0.493 e. The van der Waals surface area contributed by atoms with Gasteiger partial charge in [-0.05, 0) is 73.9 Å². The van der Waals surface area contributed by atoms with Gasteiger partial charge < -0.3 is 24.3 Å². The maximum absolute atomic E-state index is 14.9. The Morgan fingerprint density at radius 3 is 2.86 bits per heavy atom. The van der Waals surface area contributed by atoms with E-state index in [2.05, 4.69) is 15.5 Å². The molecule has 1 saturated carbocycles. The number of rotatable bonds is 3. The summed E-state index contributed by atoms with van der Waals surface area (Å²) < 4.78 is 29.9. The summed E-state index contributed by atoms with van der Waals surface area (Å²) in [6.45, 7) is 2.62. The van der Waals surface area contributed by atoms with Crippen LogP contribution in [0.2, 0.25) is 0 Å². The molecular formula is C30H31FN2O4. The molecule has 2 aromatic carbocycles. The maximum Gasteiger partial charge on any atom is 0.166 e. The van der Waals surface area contributed by atoms with E-state index in [1.807, 2.05) is 6.07 Å². The number of fused-ring (bicyclic) bond motifs is 4. The standard InChI is InChI=1S/C30H31FN2O4/c1-36-22-5-4-16-10-23-30(35)13-20-18-11-17(31)12-19-21(34)6-8-33(25(18)19)26(20)28-29(30,24(16)27(22)37-28)7-9-32(23)14-15-2-3-15/h4-5,11-12,15,21,23,28,34-35H,2-3,6-10,13-14H2,1H3/t21-,23-,28-,29-,30+/m0/s1. The number of methoxy groups -OCH3 is 1. The van der Waals surface area contributed by atoms with Crippen molar-refractivity contribution in [3.05, 3.63) is 58.0 Å². The molecule has 3 aliphatic heterocycles. The quantitative estimate of drug-likeness (QED) is 0.568. The van der Waals surface area contributed by atoms with E-state index in [4.69, 9.17) is 9.47 Å². The molecule has 1 saturated heterocycles. The smallest absolute Gasteiger partial charge is 0.166 e. The Labute approximate surface area is 214 Å². The SMILES string of the molecule is COc1ccc2c3c1O[C@H]1c4c(c5cc(F)cc6c5n4CC[C@@H]6O)C[C@@]4(O)[C@H](C2)N(CC2CC2)CC[C@]314. The van der Waals surface area contributed by atoms with Crippen LogP contribution in [0.15, 0.2) is 24.3 Å². The minimum absolute atomic E-state index is 0.0184. The second-order valence-corrected chi connectivity index (χ2v) is 12.3. The van der Waals surface area contributed by atoms with E-state index >= 15 is 0 Å². The highest BCUT2D eigenvalue weighted by Crippen LogP contribution is 2.69. The van der Waals surface area contributed by atoms with E-state index < -0.39 is 17.1 Å². The van der Waals surface area contributed by atoms with Crippen molar-refractivity contribution in [2.45, 2.75) is 74.3 Å². The van der Waals surface area contributed by atoms with Crippen LogP contribution in [0.4, 0.5) is 4.39 Å². The first-order valence-corrected chi connectivity index (χ1v) is 13.8. The molecule has 0 amide bonds. The first kappa shape index (κ1) is 21.3. The van der Waals surface area contributed by atoms with Crippen LogP contribution >= 0.6 is 0 Å². The number of halogens is 1. The molecule has 9 rings (SSSR count).